The Hall–Kier alpha value is -3.31. The highest BCUT2D eigenvalue weighted by molar-refractivity contribution is 6.30. The zero-order valence-electron chi connectivity index (χ0n) is 15.9. The van der Waals surface area contributed by atoms with Crippen molar-refractivity contribution in [2.75, 3.05) is 22.1 Å². The highest BCUT2D eigenvalue weighted by atomic mass is 35.5. The lowest BCUT2D eigenvalue weighted by atomic mass is 10.1. The maximum Gasteiger partial charge on any atom is 0.323 e. The SMILES string of the molecule is Cc1ccc(C(=O)N2CCc3ccc(NC(=O)Nc4cccc(Cl)c4)cc32)cc1. The molecule has 0 saturated carbocycles. The standard InChI is InChI=1S/C23H20ClN3O2/c1-15-5-7-17(8-6-15)22(28)27-12-11-16-9-10-20(14-21(16)27)26-23(29)25-19-4-2-3-18(24)13-19/h2-10,13-14H,11-12H2,1H3,(H2,25,26,29). The van der Waals surface area contributed by atoms with Gasteiger partial charge in [0.2, 0.25) is 0 Å². The van der Waals surface area contributed by atoms with E-state index in [4.69, 9.17) is 11.6 Å². The number of benzene rings is 3. The summed E-state index contributed by atoms with van der Waals surface area (Å²) >= 11 is 5.95. The number of hydrogen-bond acceptors (Lipinski definition) is 2. The summed E-state index contributed by atoms with van der Waals surface area (Å²) in [5.74, 6) is -0.0377. The Morgan fingerprint density at radius 1 is 0.931 bits per heavy atom. The van der Waals surface area contributed by atoms with Crippen LogP contribution < -0.4 is 15.5 Å². The highest BCUT2D eigenvalue weighted by Crippen LogP contribution is 2.32. The summed E-state index contributed by atoms with van der Waals surface area (Å²) in [5, 5.41) is 6.11. The molecule has 1 aliphatic heterocycles. The summed E-state index contributed by atoms with van der Waals surface area (Å²) in [6.45, 7) is 2.62. The number of halogens is 1. The third-order valence-electron chi connectivity index (χ3n) is 4.86. The molecule has 2 N–H and O–H groups in total. The Balaban J connectivity index is 1.50. The first kappa shape index (κ1) is 19.0. The van der Waals surface area contributed by atoms with E-state index in [1.807, 2.05) is 49.4 Å². The molecule has 1 heterocycles. The van der Waals surface area contributed by atoms with Crippen LogP contribution in [0.3, 0.4) is 0 Å². The van der Waals surface area contributed by atoms with Crippen LogP contribution in [0, 0.1) is 6.92 Å². The van der Waals surface area contributed by atoms with Crippen molar-refractivity contribution in [1.82, 2.24) is 0 Å². The van der Waals surface area contributed by atoms with E-state index >= 15 is 0 Å². The lowest BCUT2D eigenvalue weighted by Gasteiger charge is -2.18. The smallest absolute Gasteiger partial charge is 0.308 e. The van der Waals surface area contributed by atoms with Crippen LogP contribution in [0.15, 0.2) is 66.7 Å². The molecule has 146 valence electrons. The van der Waals surface area contributed by atoms with Gasteiger partial charge in [0.1, 0.15) is 0 Å². The Morgan fingerprint density at radius 3 is 2.38 bits per heavy atom. The molecule has 0 radical (unpaired) electrons. The minimum absolute atomic E-state index is 0.0377. The van der Waals surface area contributed by atoms with Gasteiger partial charge in [0.05, 0.1) is 0 Å². The van der Waals surface area contributed by atoms with E-state index in [9.17, 15) is 9.59 Å². The molecule has 0 bridgehead atoms. The average Bonchev–Trinajstić information content (AvgIpc) is 3.11. The number of carbonyl (C=O) groups is 2. The predicted molar refractivity (Wildman–Crippen MR) is 117 cm³/mol. The van der Waals surface area contributed by atoms with Crippen LogP contribution in [0.1, 0.15) is 21.5 Å². The van der Waals surface area contributed by atoms with E-state index in [1.54, 1.807) is 29.2 Å². The van der Waals surface area contributed by atoms with Gasteiger partial charge in [-0.2, -0.15) is 0 Å². The van der Waals surface area contributed by atoms with Gasteiger partial charge in [0.15, 0.2) is 0 Å². The molecule has 0 aromatic heterocycles. The van der Waals surface area contributed by atoms with Crippen molar-refractivity contribution in [3.8, 4) is 0 Å². The fourth-order valence-corrected chi connectivity index (χ4v) is 3.57. The molecule has 4 rings (SSSR count). The van der Waals surface area contributed by atoms with E-state index < -0.39 is 0 Å². The summed E-state index contributed by atoms with van der Waals surface area (Å²) in [6.07, 6.45) is 0.794. The molecule has 1 aliphatic rings. The molecule has 0 saturated heterocycles. The van der Waals surface area contributed by atoms with Gasteiger partial charge in [-0.25, -0.2) is 4.79 Å². The van der Waals surface area contributed by atoms with Gasteiger partial charge in [-0.15, -0.1) is 0 Å². The molecule has 0 spiro atoms. The van der Waals surface area contributed by atoms with Crippen molar-refractivity contribution in [1.29, 1.82) is 0 Å². The van der Waals surface area contributed by atoms with E-state index in [0.717, 1.165) is 23.2 Å². The van der Waals surface area contributed by atoms with Gasteiger partial charge in [0.25, 0.3) is 5.91 Å². The number of urea groups is 1. The van der Waals surface area contributed by atoms with E-state index in [-0.39, 0.29) is 11.9 Å². The second-order valence-electron chi connectivity index (χ2n) is 7.01. The highest BCUT2D eigenvalue weighted by Gasteiger charge is 2.26. The number of hydrogen-bond donors (Lipinski definition) is 2. The van der Waals surface area contributed by atoms with Gasteiger partial charge in [-0.05, 0) is 61.4 Å². The van der Waals surface area contributed by atoms with Crippen molar-refractivity contribution in [3.63, 3.8) is 0 Å². The Labute approximate surface area is 174 Å². The number of fused-ring (bicyclic) bond motifs is 1. The number of anilines is 3. The molecule has 0 atom stereocenters. The van der Waals surface area contributed by atoms with E-state index in [0.29, 0.717) is 28.5 Å². The molecule has 0 aliphatic carbocycles. The number of aryl methyl sites for hydroxylation is 1. The topological polar surface area (TPSA) is 61.4 Å². The molecule has 6 heteroatoms. The Kier molecular flexibility index (Phi) is 5.23. The van der Waals surface area contributed by atoms with Crippen LogP contribution in [-0.4, -0.2) is 18.5 Å². The molecule has 3 aromatic carbocycles. The molecular formula is C23H20ClN3O2. The Morgan fingerprint density at radius 2 is 1.66 bits per heavy atom. The fourth-order valence-electron chi connectivity index (χ4n) is 3.38. The van der Waals surface area contributed by atoms with Crippen LogP contribution in [-0.2, 0) is 6.42 Å². The third-order valence-corrected chi connectivity index (χ3v) is 5.10. The molecule has 0 unspecified atom stereocenters. The third kappa shape index (κ3) is 4.25. The summed E-state index contributed by atoms with van der Waals surface area (Å²) in [4.78, 5) is 27.0. The normalized spacial score (nSPS) is 12.4. The first-order chi connectivity index (χ1) is 14.0. The number of amides is 3. The van der Waals surface area contributed by atoms with Gasteiger partial charge in [-0.3, -0.25) is 4.79 Å². The zero-order valence-corrected chi connectivity index (χ0v) is 16.7. The second kappa shape index (κ2) is 7.97. The second-order valence-corrected chi connectivity index (χ2v) is 7.44. The molecule has 3 aromatic rings. The average molecular weight is 406 g/mol. The van der Waals surface area contributed by atoms with Crippen molar-refractivity contribution in [2.24, 2.45) is 0 Å². The monoisotopic (exact) mass is 405 g/mol. The maximum atomic E-state index is 12.9. The number of nitrogens with one attached hydrogen (secondary N) is 2. The summed E-state index contributed by atoms with van der Waals surface area (Å²) in [5.41, 5.74) is 4.91. The number of carbonyl (C=O) groups excluding carboxylic acids is 2. The fraction of sp³-hybridized carbons (Fsp3) is 0.130. The Bertz CT molecular complexity index is 1080. The molecule has 0 fully saturated rings. The maximum absolute atomic E-state index is 12.9. The van der Waals surface area contributed by atoms with Crippen LogP contribution in [0.5, 0.6) is 0 Å². The van der Waals surface area contributed by atoms with Gasteiger partial charge < -0.3 is 15.5 Å². The van der Waals surface area contributed by atoms with Crippen molar-refractivity contribution < 1.29 is 9.59 Å². The van der Waals surface area contributed by atoms with Crippen molar-refractivity contribution in [2.45, 2.75) is 13.3 Å². The lowest BCUT2D eigenvalue weighted by molar-refractivity contribution is 0.0989. The summed E-state index contributed by atoms with van der Waals surface area (Å²) < 4.78 is 0. The van der Waals surface area contributed by atoms with Crippen LogP contribution in [0.25, 0.3) is 0 Å². The summed E-state index contributed by atoms with van der Waals surface area (Å²) in [6, 6.07) is 19.8. The van der Waals surface area contributed by atoms with Gasteiger partial charge in [0, 0.05) is 34.2 Å². The number of nitrogens with zero attached hydrogens (tertiary/aromatic N) is 1. The van der Waals surface area contributed by atoms with E-state index in [1.165, 1.54) is 0 Å². The van der Waals surface area contributed by atoms with Gasteiger partial charge in [-0.1, -0.05) is 41.4 Å². The van der Waals surface area contributed by atoms with Crippen molar-refractivity contribution in [3.05, 3.63) is 88.4 Å². The predicted octanol–water partition coefficient (Wildman–Crippen LogP) is 5.50. The zero-order chi connectivity index (χ0) is 20.4. The minimum atomic E-state index is -0.373. The lowest BCUT2D eigenvalue weighted by Crippen LogP contribution is -2.29. The largest absolute Gasteiger partial charge is 0.323 e. The van der Waals surface area contributed by atoms with E-state index in [2.05, 4.69) is 10.6 Å². The van der Waals surface area contributed by atoms with Crippen LogP contribution in [0.2, 0.25) is 5.02 Å². The summed E-state index contributed by atoms with van der Waals surface area (Å²) in [7, 11) is 0. The molecular weight excluding hydrogens is 386 g/mol. The van der Waals surface area contributed by atoms with Gasteiger partial charge >= 0.3 is 6.03 Å². The minimum Gasteiger partial charge on any atom is -0.308 e. The van der Waals surface area contributed by atoms with Crippen LogP contribution in [0.4, 0.5) is 21.9 Å². The quantitative estimate of drug-likeness (QED) is 0.604. The number of rotatable bonds is 3. The molecule has 5 nitrogen and oxygen atoms in total. The molecule has 3 amide bonds. The first-order valence-electron chi connectivity index (χ1n) is 9.34. The van der Waals surface area contributed by atoms with Crippen molar-refractivity contribution >= 4 is 40.6 Å². The molecule has 29 heavy (non-hydrogen) atoms. The first-order valence-corrected chi connectivity index (χ1v) is 9.72. The van der Waals surface area contributed by atoms with Crippen LogP contribution >= 0.6 is 11.6 Å².